The Morgan fingerprint density at radius 2 is 1.87 bits per heavy atom. The van der Waals surface area contributed by atoms with Crippen LogP contribution in [0.15, 0.2) is 0 Å². The fourth-order valence-corrected chi connectivity index (χ4v) is 2.01. The Morgan fingerprint density at radius 3 is 2.27 bits per heavy atom. The van der Waals surface area contributed by atoms with Crippen molar-refractivity contribution in [2.24, 2.45) is 0 Å². The highest BCUT2D eigenvalue weighted by atomic mass is 19.3. The zero-order chi connectivity index (χ0) is 11.6. The Hall–Kier alpha value is -0.220. The van der Waals surface area contributed by atoms with Crippen molar-refractivity contribution in [3.8, 4) is 0 Å². The van der Waals surface area contributed by atoms with E-state index in [9.17, 15) is 8.78 Å². The number of rotatable bonds is 3. The summed E-state index contributed by atoms with van der Waals surface area (Å²) in [5.74, 6) is -2.60. The van der Waals surface area contributed by atoms with E-state index < -0.39 is 12.0 Å². The highest BCUT2D eigenvalue weighted by Crippen LogP contribution is 2.28. The lowest BCUT2D eigenvalue weighted by Gasteiger charge is -2.41. The first-order valence-electron chi connectivity index (χ1n) is 5.71. The minimum atomic E-state index is -2.60. The summed E-state index contributed by atoms with van der Waals surface area (Å²) in [5.41, 5.74) is 0. The maximum atomic E-state index is 13.7. The summed E-state index contributed by atoms with van der Waals surface area (Å²) in [7, 11) is 0. The number of nitrogens with one attached hydrogen (secondary N) is 1. The molecule has 0 aromatic rings. The van der Waals surface area contributed by atoms with Gasteiger partial charge in [-0.1, -0.05) is 13.8 Å². The Kier molecular flexibility index (Phi) is 4.06. The van der Waals surface area contributed by atoms with Crippen molar-refractivity contribution in [2.75, 3.05) is 13.1 Å². The van der Waals surface area contributed by atoms with Gasteiger partial charge >= 0.3 is 0 Å². The zero-order valence-electron chi connectivity index (χ0n) is 10.1. The Labute approximate surface area is 91.0 Å². The van der Waals surface area contributed by atoms with Crippen molar-refractivity contribution in [3.63, 3.8) is 0 Å². The van der Waals surface area contributed by atoms with Crippen LogP contribution in [0.1, 0.15) is 34.1 Å². The molecule has 1 heterocycles. The van der Waals surface area contributed by atoms with Gasteiger partial charge in [0, 0.05) is 18.6 Å². The van der Waals surface area contributed by atoms with Gasteiger partial charge in [0.15, 0.2) is 0 Å². The van der Waals surface area contributed by atoms with Gasteiger partial charge in [0.2, 0.25) is 0 Å². The van der Waals surface area contributed by atoms with Crippen LogP contribution in [0.4, 0.5) is 8.78 Å². The van der Waals surface area contributed by atoms with Gasteiger partial charge in [-0.05, 0) is 20.3 Å². The number of nitrogens with zero attached hydrogens (tertiary/aromatic N) is 1. The fourth-order valence-electron chi connectivity index (χ4n) is 2.01. The summed E-state index contributed by atoms with van der Waals surface area (Å²) >= 11 is 0. The molecule has 90 valence electrons. The number of hydrogen-bond donors (Lipinski definition) is 1. The second-order valence-corrected chi connectivity index (χ2v) is 4.99. The summed E-state index contributed by atoms with van der Waals surface area (Å²) in [4.78, 5) is 1.85. The molecule has 0 radical (unpaired) electrons. The molecular weight excluding hydrogens is 198 g/mol. The first kappa shape index (κ1) is 12.8. The molecule has 0 amide bonds. The minimum Gasteiger partial charge on any atom is -0.306 e. The molecule has 0 aromatic heterocycles. The first-order valence-corrected chi connectivity index (χ1v) is 5.71. The zero-order valence-corrected chi connectivity index (χ0v) is 10.1. The van der Waals surface area contributed by atoms with E-state index in [1.54, 1.807) is 0 Å². The number of hydrogen-bond acceptors (Lipinski definition) is 2. The minimum absolute atomic E-state index is 0.116. The Bertz CT molecular complexity index is 205. The summed E-state index contributed by atoms with van der Waals surface area (Å²) < 4.78 is 27.5. The molecule has 4 heteroatoms. The summed E-state index contributed by atoms with van der Waals surface area (Å²) in [5, 5.41) is 2.95. The molecule has 0 unspecified atom stereocenters. The van der Waals surface area contributed by atoms with Crippen LogP contribution in [0.3, 0.4) is 0 Å². The van der Waals surface area contributed by atoms with E-state index >= 15 is 0 Å². The lowest BCUT2D eigenvalue weighted by atomic mass is 9.99. The van der Waals surface area contributed by atoms with Crippen LogP contribution < -0.4 is 5.32 Å². The highest BCUT2D eigenvalue weighted by Gasteiger charge is 2.44. The van der Waals surface area contributed by atoms with E-state index in [1.807, 2.05) is 32.6 Å². The summed E-state index contributed by atoms with van der Waals surface area (Å²) in [6, 6.07) is -0.338. The average molecular weight is 220 g/mol. The maximum absolute atomic E-state index is 13.7. The van der Waals surface area contributed by atoms with Gasteiger partial charge in [0.1, 0.15) is 0 Å². The predicted molar refractivity (Wildman–Crippen MR) is 58.3 cm³/mol. The molecule has 15 heavy (non-hydrogen) atoms. The van der Waals surface area contributed by atoms with Crippen molar-refractivity contribution in [2.45, 2.75) is 58.2 Å². The number of halogens is 2. The Balaban J connectivity index is 2.58. The third-order valence-electron chi connectivity index (χ3n) is 2.89. The van der Waals surface area contributed by atoms with Gasteiger partial charge in [-0.15, -0.1) is 0 Å². The highest BCUT2D eigenvalue weighted by molar-refractivity contribution is 4.92. The van der Waals surface area contributed by atoms with Crippen LogP contribution in [0.25, 0.3) is 0 Å². The van der Waals surface area contributed by atoms with Gasteiger partial charge in [0.25, 0.3) is 5.92 Å². The van der Waals surface area contributed by atoms with Gasteiger partial charge in [0.05, 0.1) is 12.6 Å². The van der Waals surface area contributed by atoms with Crippen molar-refractivity contribution in [1.82, 2.24) is 10.2 Å². The van der Waals surface area contributed by atoms with Crippen molar-refractivity contribution < 1.29 is 8.78 Å². The predicted octanol–water partition coefficient (Wildman–Crippen LogP) is 2.10. The third-order valence-corrected chi connectivity index (χ3v) is 2.89. The van der Waals surface area contributed by atoms with Crippen LogP contribution in [0.2, 0.25) is 0 Å². The number of likely N-dealkylation sites (tertiary alicyclic amines) is 1. The van der Waals surface area contributed by atoms with Crippen molar-refractivity contribution >= 4 is 0 Å². The second kappa shape index (κ2) is 4.74. The maximum Gasteiger partial charge on any atom is 0.275 e. The second-order valence-electron chi connectivity index (χ2n) is 4.99. The topological polar surface area (TPSA) is 15.3 Å². The molecular formula is C11H22F2N2. The molecule has 0 spiro atoms. The van der Waals surface area contributed by atoms with E-state index in [-0.39, 0.29) is 18.6 Å². The quantitative estimate of drug-likeness (QED) is 0.783. The van der Waals surface area contributed by atoms with Crippen LogP contribution in [-0.2, 0) is 0 Å². The van der Waals surface area contributed by atoms with E-state index in [0.29, 0.717) is 6.42 Å². The normalized spacial score (nSPS) is 27.6. The molecule has 0 saturated carbocycles. The lowest BCUT2D eigenvalue weighted by molar-refractivity contribution is -0.0984. The average Bonchev–Trinajstić information content (AvgIpc) is 2.07. The van der Waals surface area contributed by atoms with Crippen molar-refractivity contribution in [3.05, 3.63) is 0 Å². The van der Waals surface area contributed by atoms with E-state index in [0.717, 1.165) is 6.54 Å². The fraction of sp³-hybridized carbons (Fsp3) is 1.00. The van der Waals surface area contributed by atoms with Gasteiger partial charge < -0.3 is 5.32 Å². The molecule has 1 aliphatic heterocycles. The lowest BCUT2D eigenvalue weighted by Crippen LogP contribution is -2.59. The molecule has 1 rings (SSSR count). The van der Waals surface area contributed by atoms with E-state index in [4.69, 9.17) is 0 Å². The first-order chi connectivity index (χ1) is 6.83. The molecule has 0 aliphatic carbocycles. The van der Waals surface area contributed by atoms with Gasteiger partial charge in [-0.3, -0.25) is 4.90 Å². The molecule has 0 aromatic carbocycles. The third kappa shape index (κ3) is 3.38. The molecule has 0 bridgehead atoms. The largest absolute Gasteiger partial charge is 0.306 e. The molecule has 1 fully saturated rings. The van der Waals surface area contributed by atoms with Crippen LogP contribution in [0.5, 0.6) is 0 Å². The van der Waals surface area contributed by atoms with Gasteiger partial charge in [-0.2, -0.15) is 0 Å². The van der Waals surface area contributed by atoms with E-state index in [2.05, 4.69) is 5.32 Å². The molecule has 1 atom stereocenters. The van der Waals surface area contributed by atoms with Crippen LogP contribution in [-0.4, -0.2) is 42.0 Å². The molecule has 1 aliphatic rings. The molecule has 1 saturated heterocycles. The van der Waals surface area contributed by atoms with Crippen LogP contribution in [0, 0.1) is 0 Å². The van der Waals surface area contributed by atoms with Crippen molar-refractivity contribution in [1.29, 1.82) is 0 Å². The summed E-state index contributed by atoms with van der Waals surface area (Å²) in [6.45, 7) is 8.39. The monoisotopic (exact) mass is 220 g/mol. The standard InChI is InChI=1S/C11H22F2N2/c1-8(2)14-10-5-6-15(9(3)4)7-11(10,12)13/h8-10,14H,5-7H2,1-4H3/t10-/m0/s1. The number of alkyl halides is 2. The number of piperidine rings is 1. The van der Waals surface area contributed by atoms with Crippen LogP contribution >= 0.6 is 0 Å². The smallest absolute Gasteiger partial charge is 0.275 e. The Morgan fingerprint density at radius 1 is 1.27 bits per heavy atom. The molecule has 2 nitrogen and oxygen atoms in total. The molecule has 1 N–H and O–H groups in total. The SMILES string of the molecule is CC(C)N[C@H]1CCN(C(C)C)CC1(F)F. The van der Waals surface area contributed by atoms with E-state index in [1.165, 1.54) is 0 Å². The van der Waals surface area contributed by atoms with Gasteiger partial charge in [-0.25, -0.2) is 8.78 Å². The summed E-state index contributed by atoms with van der Waals surface area (Å²) in [6.07, 6.45) is 0.531.